The van der Waals surface area contributed by atoms with Gasteiger partial charge in [0.15, 0.2) is 40.8 Å². The van der Waals surface area contributed by atoms with Gasteiger partial charge in [0.2, 0.25) is 0 Å². The predicted molar refractivity (Wildman–Crippen MR) is 400 cm³/mol. The highest BCUT2D eigenvalue weighted by atomic mass is 32.1. The zero-order valence-corrected chi connectivity index (χ0v) is 54.0. The van der Waals surface area contributed by atoms with E-state index in [4.69, 9.17) is 49.3 Å². The third-order valence-electron chi connectivity index (χ3n) is 17.4. The molecule has 0 aliphatic carbocycles. The van der Waals surface area contributed by atoms with E-state index in [1.165, 1.54) is 20.2 Å². The van der Waals surface area contributed by atoms with Crippen LogP contribution in [0.1, 0.15) is 0 Å². The number of ether oxygens (including phenoxy) is 2. The SMILES string of the molecule is c1ccc(-c2cc(-c3ccc(Oc4ccc(-c5nc(-c6ccccc6)nc(-c6ccccc6)n5)cc4)cc3)nc(-c3ccc(-c4cc(-c5cccc6c5sc5ccccc56)ccc4Oc4ccc(-c5ccc(-c6nc(-c7ccccc7)nc(-c7ccccc7)n6)cc5)cc4)cc3)n2)cc1. The fourth-order valence-corrected chi connectivity index (χ4v) is 13.5. The van der Waals surface area contributed by atoms with Gasteiger partial charge in [-0.15, -0.1) is 11.3 Å². The monoisotopic (exact) mass is 1290 g/mol. The Hall–Kier alpha value is -13.2. The maximum atomic E-state index is 6.93. The summed E-state index contributed by atoms with van der Waals surface area (Å²) in [4.78, 5) is 39.9. The van der Waals surface area contributed by atoms with Crippen LogP contribution in [0.5, 0.6) is 23.0 Å². The summed E-state index contributed by atoms with van der Waals surface area (Å²) < 4.78 is 15.9. The number of hydrogen-bond acceptors (Lipinski definition) is 11. The summed E-state index contributed by atoms with van der Waals surface area (Å²) in [6.45, 7) is 0. The largest absolute Gasteiger partial charge is 0.457 e. The number of nitrogens with zero attached hydrogens (tertiary/aromatic N) is 8. The molecule has 0 saturated heterocycles. The first kappa shape index (κ1) is 59.5. The molecule has 0 radical (unpaired) electrons. The number of thiophene rings is 1. The molecule has 4 aromatic heterocycles. The molecule has 0 atom stereocenters. The Balaban J connectivity index is 0.656. The summed E-state index contributed by atoms with van der Waals surface area (Å²) in [5, 5.41) is 2.50. The highest BCUT2D eigenvalue weighted by Gasteiger charge is 2.19. The Kier molecular flexibility index (Phi) is 15.9. The van der Waals surface area contributed by atoms with E-state index in [9.17, 15) is 0 Å². The van der Waals surface area contributed by atoms with Crippen LogP contribution in [-0.4, -0.2) is 39.9 Å². The van der Waals surface area contributed by atoms with Crippen LogP contribution in [-0.2, 0) is 0 Å². The van der Waals surface area contributed by atoms with Crippen LogP contribution < -0.4 is 9.47 Å². The molecule has 0 unspecified atom stereocenters. The van der Waals surface area contributed by atoms with Gasteiger partial charge < -0.3 is 9.47 Å². The van der Waals surface area contributed by atoms with Crippen molar-refractivity contribution in [2.45, 2.75) is 0 Å². The third-order valence-corrected chi connectivity index (χ3v) is 18.6. The van der Waals surface area contributed by atoms with Crippen molar-refractivity contribution in [1.29, 1.82) is 0 Å². The van der Waals surface area contributed by atoms with Gasteiger partial charge in [-0.3, -0.25) is 0 Å². The summed E-state index contributed by atoms with van der Waals surface area (Å²) in [7, 11) is 0. The molecule has 0 bridgehead atoms. The van der Waals surface area contributed by atoms with Crippen LogP contribution in [0.15, 0.2) is 340 Å². The molecular formula is C88H56N8O2S. The number of rotatable bonds is 16. The van der Waals surface area contributed by atoms with Crippen LogP contribution in [0.2, 0.25) is 0 Å². The summed E-state index contributed by atoms with van der Waals surface area (Å²) in [6.07, 6.45) is 0. The van der Waals surface area contributed by atoms with Gasteiger partial charge in [0, 0.05) is 75.8 Å². The predicted octanol–water partition coefficient (Wildman–Crippen LogP) is 22.8. The first-order valence-corrected chi connectivity index (χ1v) is 33.4. The first-order chi connectivity index (χ1) is 49.0. The molecule has 10 nitrogen and oxygen atoms in total. The van der Waals surface area contributed by atoms with Crippen molar-refractivity contribution in [3.05, 3.63) is 340 Å². The van der Waals surface area contributed by atoms with Crippen molar-refractivity contribution in [3.63, 3.8) is 0 Å². The van der Waals surface area contributed by atoms with Crippen LogP contribution in [0.3, 0.4) is 0 Å². The lowest BCUT2D eigenvalue weighted by Gasteiger charge is -2.15. The summed E-state index contributed by atoms with van der Waals surface area (Å²) in [5.74, 6) is 7.02. The Morgan fingerprint density at radius 3 is 0.990 bits per heavy atom. The molecule has 0 aliphatic rings. The van der Waals surface area contributed by atoms with Gasteiger partial charge in [-0.2, -0.15) is 0 Å². The molecule has 0 spiro atoms. The van der Waals surface area contributed by atoms with Crippen LogP contribution in [0, 0.1) is 0 Å². The number of benzene rings is 13. The van der Waals surface area contributed by atoms with Crippen LogP contribution >= 0.6 is 11.3 Å². The van der Waals surface area contributed by atoms with Gasteiger partial charge in [-0.05, 0) is 113 Å². The van der Waals surface area contributed by atoms with E-state index in [2.05, 4.69) is 133 Å². The Morgan fingerprint density at radius 2 is 0.525 bits per heavy atom. The molecule has 99 heavy (non-hydrogen) atoms. The topological polar surface area (TPSA) is 122 Å². The minimum atomic E-state index is 0.574. The molecule has 0 N–H and O–H groups in total. The maximum absolute atomic E-state index is 6.93. The van der Waals surface area contributed by atoms with E-state index in [-0.39, 0.29) is 0 Å². The number of hydrogen-bond donors (Lipinski definition) is 0. The standard InChI is InChI=1S/C88H56N8O2S/c1-6-19-60(20-7-1)77-56-78(61-43-50-70(51-44-61)97-71-52-45-68(46-53-71)88-95-85(64-25-12-4-13-26-64)92-86(96-88)65-27-14-5-15-28-65)90-82(89-77)66-39-35-59(36-40-66)76-55-69(73-30-18-31-75-74-29-16-17-32-80(74)99-81(73)75)47-54-79(76)98-72-48-41-58(42-49-72)57-33-37-67(38-34-57)87-93-83(62-21-8-2-9-22-62)91-84(94-87)63-23-10-3-11-24-63/h1-56H. The molecule has 4 heterocycles. The van der Waals surface area contributed by atoms with E-state index in [0.717, 1.165) is 101 Å². The Morgan fingerprint density at radius 1 is 0.202 bits per heavy atom. The lowest BCUT2D eigenvalue weighted by molar-refractivity contribution is 0.483. The first-order valence-electron chi connectivity index (χ1n) is 32.6. The van der Waals surface area contributed by atoms with E-state index >= 15 is 0 Å². The van der Waals surface area contributed by atoms with E-state index < -0.39 is 0 Å². The van der Waals surface area contributed by atoms with Crippen molar-refractivity contribution >= 4 is 31.5 Å². The highest BCUT2D eigenvalue weighted by molar-refractivity contribution is 7.26. The van der Waals surface area contributed by atoms with Gasteiger partial charge in [-0.1, -0.05) is 255 Å². The smallest absolute Gasteiger partial charge is 0.164 e. The van der Waals surface area contributed by atoms with Crippen molar-refractivity contribution in [3.8, 4) is 159 Å². The Bertz CT molecular complexity index is 5620. The van der Waals surface area contributed by atoms with Crippen molar-refractivity contribution in [2.75, 3.05) is 0 Å². The zero-order chi connectivity index (χ0) is 65.9. The summed E-state index contributed by atoms with van der Waals surface area (Å²) in [5.41, 5.74) is 16.0. The number of aromatic nitrogens is 8. The highest BCUT2D eigenvalue weighted by Crippen LogP contribution is 2.44. The van der Waals surface area contributed by atoms with Gasteiger partial charge >= 0.3 is 0 Å². The molecule has 17 rings (SSSR count). The molecular weight excluding hydrogens is 1230 g/mol. The minimum Gasteiger partial charge on any atom is -0.457 e. The van der Waals surface area contributed by atoms with Crippen LogP contribution in [0.25, 0.3) is 156 Å². The molecule has 0 aliphatic heterocycles. The molecule has 17 aromatic rings. The van der Waals surface area contributed by atoms with E-state index in [0.29, 0.717) is 58.0 Å². The van der Waals surface area contributed by atoms with Crippen molar-refractivity contribution < 1.29 is 9.47 Å². The second kappa shape index (κ2) is 26.5. The second-order valence-electron chi connectivity index (χ2n) is 23.8. The minimum absolute atomic E-state index is 0.574. The lowest BCUT2D eigenvalue weighted by Crippen LogP contribution is -2.00. The quantitative estimate of drug-likeness (QED) is 0.0924. The lowest BCUT2D eigenvalue weighted by atomic mass is 9.96. The molecule has 13 aromatic carbocycles. The van der Waals surface area contributed by atoms with Crippen LogP contribution in [0.4, 0.5) is 0 Å². The normalized spacial score (nSPS) is 11.2. The Labute approximate surface area is 575 Å². The number of fused-ring (bicyclic) bond motifs is 3. The van der Waals surface area contributed by atoms with E-state index in [1.54, 1.807) is 0 Å². The zero-order valence-electron chi connectivity index (χ0n) is 53.1. The van der Waals surface area contributed by atoms with Gasteiger partial charge in [-0.25, -0.2) is 39.9 Å². The average molecular weight is 1290 g/mol. The van der Waals surface area contributed by atoms with E-state index in [1.807, 2.05) is 218 Å². The molecule has 11 heteroatoms. The third kappa shape index (κ3) is 12.6. The fraction of sp³-hybridized carbons (Fsp3) is 0. The fourth-order valence-electron chi connectivity index (χ4n) is 12.3. The summed E-state index contributed by atoms with van der Waals surface area (Å²) in [6, 6.07) is 115. The van der Waals surface area contributed by atoms with Gasteiger partial charge in [0.05, 0.1) is 11.4 Å². The molecule has 0 amide bonds. The van der Waals surface area contributed by atoms with Gasteiger partial charge in [0.25, 0.3) is 0 Å². The van der Waals surface area contributed by atoms with Crippen molar-refractivity contribution in [2.24, 2.45) is 0 Å². The van der Waals surface area contributed by atoms with Gasteiger partial charge in [0.1, 0.15) is 23.0 Å². The maximum Gasteiger partial charge on any atom is 0.164 e. The van der Waals surface area contributed by atoms with Crippen molar-refractivity contribution in [1.82, 2.24) is 39.9 Å². The molecule has 0 fully saturated rings. The molecule has 466 valence electrons. The average Bonchev–Trinajstić information content (AvgIpc) is 1.67. The summed E-state index contributed by atoms with van der Waals surface area (Å²) >= 11 is 1.82. The molecule has 0 saturated carbocycles. The second-order valence-corrected chi connectivity index (χ2v) is 24.9.